The van der Waals surface area contributed by atoms with Gasteiger partial charge in [0, 0.05) is 11.6 Å². The van der Waals surface area contributed by atoms with Crippen molar-refractivity contribution in [3.63, 3.8) is 0 Å². The van der Waals surface area contributed by atoms with E-state index in [4.69, 9.17) is 21.1 Å². The number of carbonyl (C=O) groups is 3. The normalized spacial score (nSPS) is 18.1. The van der Waals surface area contributed by atoms with Gasteiger partial charge in [0.05, 0.1) is 17.4 Å². The fourth-order valence-corrected chi connectivity index (χ4v) is 4.28. The number of ether oxygens (including phenoxy) is 2. The van der Waals surface area contributed by atoms with E-state index < -0.39 is 0 Å². The van der Waals surface area contributed by atoms with Crippen molar-refractivity contribution in [2.45, 2.75) is 18.1 Å². The predicted octanol–water partition coefficient (Wildman–Crippen LogP) is 3.50. The van der Waals surface area contributed by atoms with E-state index in [0.29, 0.717) is 48.1 Å². The molecule has 3 amide bonds. The van der Waals surface area contributed by atoms with Crippen LogP contribution in [0.4, 0.5) is 4.79 Å². The molecule has 9 heteroatoms. The van der Waals surface area contributed by atoms with Crippen LogP contribution in [0.1, 0.15) is 22.3 Å². The van der Waals surface area contributed by atoms with Crippen LogP contribution < -0.4 is 14.8 Å². The summed E-state index contributed by atoms with van der Waals surface area (Å²) >= 11 is 6.99. The fraction of sp³-hybridized carbons (Fsp3) is 0.286. The minimum Gasteiger partial charge on any atom is -0.494 e. The Labute approximate surface area is 182 Å². The van der Waals surface area contributed by atoms with Crippen LogP contribution >= 0.6 is 23.4 Å². The lowest BCUT2D eigenvalue weighted by Gasteiger charge is -2.28. The van der Waals surface area contributed by atoms with Gasteiger partial charge < -0.3 is 14.4 Å². The van der Waals surface area contributed by atoms with Crippen molar-refractivity contribution in [3.05, 3.63) is 58.6 Å². The summed E-state index contributed by atoms with van der Waals surface area (Å²) in [5.41, 5.74) is 1.43. The molecule has 1 unspecified atom stereocenters. The molecule has 0 aromatic heterocycles. The molecule has 0 bridgehead atoms. The van der Waals surface area contributed by atoms with Crippen LogP contribution in [0.3, 0.4) is 0 Å². The molecule has 4 rings (SSSR count). The highest BCUT2D eigenvalue weighted by atomic mass is 35.5. The quantitative estimate of drug-likeness (QED) is 0.655. The highest BCUT2D eigenvalue weighted by molar-refractivity contribution is 8.15. The van der Waals surface area contributed by atoms with Crippen LogP contribution in [-0.2, 0) is 11.2 Å². The summed E-state index contributed by atoms with van der Waals surface area (Å²) in [5, 5.41) is 2.11. The standard InChI is InChI=1S/C21H19ClN2O5S/c22-14-4-7-17-16(11-14)20(26)24(12-29-17)8-1-9-28-15-5-2-13(3-6-15)10-18-19(25)23-21(27)30-18/h2-7,11,18H,1,8-10,12H2,(H,23,25,27). The van der Waals surface area contributed by atoms with Crippen LogP contribution in [0.25, 0.3) is 0 Å². The van der Waals surface area contributed by atoms with Gasteiger partial charge in [-0.15, -0.1) is 0 Å². The van der Waals surface area contributed by atoms with Gasteiger partial charge in [0.2, 0.25) is 5.91 Å². The van der Waals surface area contributed by atoms with Crippen LogP contribution in [0.5, 0.6) is 11.5 Å². The topological polar surface area (TPSA) is 84.9 Å². The molecule has 2 aromatic rings. The molecule has 2 aliphatic rings. The number of benzene rings is 2. The number of nitrogens with zero attached hydrogens (tertiary/aromatic N) is 1. The largest absolute Gasteiger partial charge is 0.494 e. The third kappa shape index (κ3) is 4.71. The molecule has 2 aromatic carbocycles. The molecule has 30 heavy (non-hydrogen) atoms. The van der Waals surface area contributed by atoms with E-state index in [1.54, 1.807) is 23.1 Å². The number of halogens is 1. The van der Waals surface area contributed by atoms with Crippen LogP contribution in [0.15, 0.2) is 42.5 Å². The summed E-state index contributed by atoms with van der Waals surface area (Å²) in [7, 11) is 0. The molecule has 156 valence electrons. The second kappa shape index (κ2) is 8.97. The molecular formula is C21H19ClN2O5S. The Kier molecular flexibility index (Phi) is 6.15. The number of amides is 3. The number of fused-ring (bicyclic) bond motifs is 1. The predicted molar refractivity (Wildman–Crippen MR) is 113 cm³/mol. The first-order valence-corrected chi connectivity index (χ1v) is 10.7. The number of rotatable bonds is 7. The lowest BCUT2D eigenvalue weighted by atomic mass is 10.1. The van der Waals surface area contributed by atoms with Crippen molar-refractivity contribution in [2.24, 2.45) is 0 Å². The van der Waals surface area contributed by atoms with Gasteiger partial charge in [-0.1, -0.05) is 35.5 Å². The molecule has 2 aliphatic heterocycles. The maximum atomic E-state index is 12.6. The zero-order valence-electron chi connectivity index (χ0n) is 15.9. The molecule has 0 spiro atoms. The molecule has 1 fully saturated rings. The van der Waals surface area contributed by atoms with E-state index in [1.807, 2.05) is 24.3 Å². The molecule has 7 nitrogen and oxygen atoms in total. The molecule has 0 radical (unpaired) electrons. The summed E-state index contributed by atoms with van der Waals surface area (Å²) < 4.78 is 11.4. The number of thioether (sulfide) groups is 1. The molecule has 0 aliphatic carbocycles. The number of imide groups is 1. The average molecular weight is 447 g/mol. The molecule has 1 saturated heterocycles. The van der Waals surface area contributed by atoms with E-state index in [0.717, 1.165) is 17.3 Å². The number of carbonyl (C=O) groups excluding carboxylic acids is 3. The summed E-state index contributed by atoms with van der Waals surface area (Å²) in [6.45, 7) is 1.16. The molecule has 1 atom stereocenters. The highest BCUT2D eigenvalue weighted by Crippen LogP contribution is 2.28. The zero-order chi connectivity index (χ0) is 21.1. The molecule has 1 N–H and O–H groups in total. The van der Waals surface area contributed by atoms with Gasteiger partial charge in [-0.05, 0) is 48.7 Å². The van der Waals surface area contributed by atoms with Crippen molar-refractivity contribution < 1.29 is 23.9 Å². The second-order valence-electron chi connectivity index (χ2n) is 6.92. The first kappa shape index (κ1) is 20.6. The van der Waals surface area contributed by atoms with Crippen LogP contribution in [0, 0.1) is 0 Å². The van der Waals surface area contributed by atoms with Crippen molar-refractivity contribution >= 4 is 40.4 Å². The fourth-order valence-electron chi connectivity index (χ4n) is 3.25. The molecule has 2 heterocycles. The first-order chi connectivity index (χ1) is 14.5. The Morgan fingerprint density at radius 2 is 1.97 bits per heavy atom. The Balaban J connectivity index is 1.23. The van der Waals surface area contributed by atoms with Gasteiger partial charge in [-0.2, -0.15) is 0 Å². The van der Waals surface area contributed by atoms with Crippen LogP contribution in [0.2, 0.25) is 5.02 Å². The van der Waals surface area contributed by atoms with Gasteiger partial charge >= 0.3 is 0 Å². The number of hydrogen-bond acceptors (Lipinski definition) is 6. The van der Waals surface area contributed by atoms with E-state index in [-0.39, 0.29) is 29.0 Å². The molecule has 0 saturated carbocycles. The lowest BCUT2D eigenvalue weighted by molar-refractivity contribution is -0.118. The maximum absolute atomic E-state index is 12.6. The van der Waals surface area contributed by atoms with Gasteiger partial charge in [-0.3, -0.25) is 19.7 Å². The Morgan fingerprint density at radius 3 is 2.70 bits per heavy atom. The van der Waals surface area contributed by atoms with Gasteiger partial charge in [-0.25, -0.2) is 0 Å². The third-order valence-electron chi connectivity index (χ3n) is 4.79. The van der Waals surface area contributed by atoms with Crippen LogP contribution in [-0.4, -0.2) is 47.1 Å². The number of nitrogens with one attached hydrogen (secondary N) is 1. The molecular weight excluding hydrogens is 428 g/mol. The van der Waals surface area contributed by atoms with Gasteiger partial charge in [0.25, 0.3) is 11.1 Å². The van der Waals surface area contributed by atoms with Gasteiger partial charge in [0.1, 0.15) is 11.5 Å². The summed E-state index contributed by atoms with van der Waals surface area (Å²) in [4.78, 5) is 37.1. The average Bonchev–Trinajstić information content (AvgIpc) is 3.05. The Hall–Kier alpha value is -2.71. The van der Waals surface area contributed by atoms with E-state index in [2.05, 4.69) is 5.32 Å². The van der Waals surface area contributed by atoms with Gasteiger partial charge in [0.15, 0.2) is 6.73 Å². The van der Waals surface area contributed by atoms with Crippen molar-refractivity contribution in [1.29, 1.82) is 0 Å². The van der Waals surface area contributed by atoms with Crippen molar-refractivity contribution in [3.8, 4) is 11.5 Å². The minimum atomic E-state index is -0.381. The highest BCUT2D eigenvalue weighted by Gasteiger charge is 2.31. The Morgan fingerprint density at radius 1 is 1.17 bits per heavy atom. The van der Waals surface area contributed by atoms with Crippen molar-refractivity contribution in [1.82, 2.24) is 10.2 Å². The first-order valence-electron chi connectivity index (χ1n) is 9.44. The SMILES string of the molecule is O=C1NC(=O)C(Cc2ccc(OCCCN3COc4ccc(Cl)cc4C3=O)cc2)S1. The Bertz CT molecular complexity index is 982. The third-order valence-corrected chi connectivity index (χ3v) is 6.00. The second-order valence-corrected chi connectivity index (χ2v) is 8.53. The monoisotopic (exact) mass is 446 g/mol. The lowest BCUT2D eigenvalue weighted by Crippen LogP contribution is -2.39. The summed E-state index contributed by atoms with van der Waals surface area (Å²) in [6.07, 6.45) is 1.14. The minimum absolute atomic E-state index is 0.101. The zero-order valence-corrected chi connectivity index (χ0v) is 17.5. The summed E-state index contributed by atoms with van der Waals surface area (Å²) in [6, 6.07) is 12.5. The smallest absolute Gasteiger partial charge is 0.286 e. The van der Waals surface area contributed by atoms with E-state index in [1.165, 1.54) is 0 Å². The van der Waals surface area contributed by atoms with E-state index in [9.17, 15) is 14.4 Å². The van der Waals surface area contributed by atoms with Crippen molar-refractivity contribution in [2.75, 3.05) is 19.9 Å². The number of hydrogen-bond donors (Lipinski definition) is 1. The maximum Gasteiger partial charge on any atom is 0.286 e. The van der Waals surface area contributed by atoms with E-state index >= 15 is 0 Å². The summed E-state index contributed by atoms with van der Waals surface area (Å²) in [5.74, 6) is 0.911.